The number of aliphatic hydroxyl groups excluding tert-OH is 1. The summed E-state index contributed by atoms with van der Waals surface area (Å²) in [4.78, 5) is 13.8. The summed E-state index contributed by atoms with van der Waals surface area (Å²) in [5.41, 5.74) is 0.827. The number of halogens is 3. The van der Waals surface area contributed by atoms with E-state index in [1.165, 1.54) is 12.1 Å². The second-order valence-corrected chi connectivity index (χ2v) is 5.21. The van der Waals surface area contributed by atoms with Gasteiger partial charge in [-0.3, -0.25) is 4.79 Å². The molecule has 1 aliphatic rings. The van der Waals surface area contributed by atoms with E-state index in [-0.39, 0.29) is 30.1 Å². The zero-order valence-electron chi connectivity index (χ0n) is 12.1. The first kappa shape index (κ1) is 16.6. The molecule has 122 valence electrons. The summed E-state index contributed by atoms with van der Waals surface area (Å²) < 4.78 is 40.1. The summed E-state index contributed by atoms with van der Waals surface area (Å²) in [6, 6.07) is 5.63. The number of benzene rings is 1. The number of hydrogen-bond acceptors (Lipinski definition) is 3. The van der Waals surface area contributed by atoms with Crippen LogP contribution in [-0.4, -0.2) is 42.0 Å². The fourth-order valence-electron chi connectivity index (χ4n) is 2.53. The first-order valence-corrected chi connectivity index (χ1v) is 7.11. The zero-order valence-corrected chi connectivity index (χ0v) is 12.1. The van der Waals surface area contributed by atoms with Crippen molar-refractivity contribution in [1.82, 2.24) is 4.90 Å². The molecular formula is C15H18F3NO3. The number of carbonyl (C=O) groups is 1. The van der Waals surface area contributed by atoms with E-state index in [2.05, 4.69) is 4.74 Å². The van der Waals surface area contributed by atoms with Gasteiger partial charge in [0.05, 0.1) is 6.61 Å². The van der Waals surface area contributed by atoms with Crippen molar-refractivity contribution in [2.45, 2.75) is 25.6 Å². The lowest BCUT2D eigenvalue weighted by molar-refractivity contribution is -0.274. The topological polar surface area (TPSA) is 49.8 Å². The molecule has 0 spiro atoms. The van der Waals surface area contributed by atoms with Crippen LogP contribution >= 0.6 is 0 Å². The average Bonchev–Trinajstić information content (AvgIpc) is 3.23. The summed E-state index contributed by atoms with van der Waals surface area (Å²) in [5, 5.41) is 8.93. The molecule has 0 bridgehead atoms. The summed E-state index contributed by atoms with van der Waals surface area (Å²) >= 11 is 0. The number of carbonyl (C=O) groups excluding carboxylic acids is 1. The zero-order chi connectivity index (χ0) is 16.3. The van der Waals surface area contributed by atoms with Crippen molar-refractivity contribution in [3.05, 3.63) is 29.8 Å². The Hall–Kier alpha value is -1.76. The third-order valence-corrected chi connectivity index (χ3v) is 3.71. The molecule has 0 aliphatic heterocycles. The van der Waals surface area contributed by atoms with Crippen molar-refractivity contribution in [3.8, 4) is 5.75 Å². The molecule has 0 radical (unpaired) electrons. The molecule has 1 fully saturated rings. The van der Waals surface area contributed by atoms with Crippen LogP contribution in [-0.2, 0) is 4.79 Å². The molecule has 1 aromatic rings. The second kappa shape index (κ2) is 6.56. The van der Waals surface area contributed by atoms with Crippen LogP contribution in [0, 0.1) is 5.92 Å². The van der Waals surface area contributed by atoms with E-state index in [4.69, 9.17) is 5.11 Å². The third kappa shape index (κ3) is 4.13. The summed E-state index contributed by atoms with van der Waals surface area (Å²) in [5.74, 6) is -0.409. The van der Waals surface area contributed by atoms with Crippen LogP contribution in [0.2, 0.25) is 0 Å². The predicted molar refractivity (Wildman–Crippen MR) is 73.3 cm³/mol. The van der Waals surface area contributed by atoms with Gasteiger partial charge in [-0.25, -0.2) is 0 Å². The van der Waals surface area contributed by atoms with E-state index in [9.17, 15) is 18.0 Å². The van der Waals surface area contributed by atoms with Gasteiger partial charge in [0.2, 0.25) is 5.91 Å². The van der Waals surface area contributed by atoms with E-state index in [1.807, 2.05) is 6.92 Å². The summed E-state index contributed by atoms with van der Waals surface area (Å²) in [7, 11) is 0. The predicted octanol–water partition coefficient (Wildman–Crippen LogP) is 2.53. The fraction of sp³-hybridized carbons (Fsp3) is 0.533. The highest BCUT2D eigenvalue weighted by atomic mass is 19.4. The number of likely N-dealkylation sites (N-methyl/N-ethyl adjacent to an activating group) is 1. The maximum atomic E-state index is 12.2. The molecule has 1 aromatic carbocycles. The number of hydrogen-bond donors (Lipinski definition) is 1. The summed E-state index contributed by atoms with van der Waals surface area (Å²) in [6.45, 7) is 2.59. The van der Waals surface area contributed by atoms with Gasteiger partial charge in [0.15, 0.2) is 0 Å². The minimum atomic E-state index is -4.70. The Balaban J connectivity index is 1.96. The molecule has 4 nitrogen and oxygen atoms in total. The number of rotatable bonds is 6. The molecular weight excluding hydrogens is 299 g/mol. The van der Waals surface area contributed by atoms with E-state index in [0.717, 1.165) is 5.56 Å². The lowest BCUT2D eigenvalue weighted by atomic mass is 10.1. The van der Waals surface area contributed by atoms with Gasteiger partial charge in [-0.05, 0) is 37.0 Å². The van der Waals surface area contributed by atoms with Gasteiger partial charge in [-0.1, -0.05) is 12.1 Å². The number of amides is 1. The number of alkyl halides is 3. The van der Waals surface area contributed by atoms with E-state index in [0.29, 0.717) is 19.5 Å². The van der Waals surface area contributed by atoms with Gasteiger partial charge in [0.25, 0.3) is 0 Å². The minimum Gasteiger partial charge on any atom is -0.406 e. The van der Waals surface area contributed by atoms with E-state index < -0.39 is 6.36 Å². The molecule has 0 heterocycles. The maximum absolute atomic E-state index is 12.2. The Kier molecular flexibility index (Phi) is 4.95. The van der Waals surface area contributed by atoms with E-state index >= 15 is 0 Å². The van der Waals surface area contributed by atoms with Gasteiger partial charge in [0, 0.05) is 19.0 Å². The molecule has 0 aromatic heterocycles. The van der Waals surface area contributed by atoms with Gasteiger partial charge < -0.3 is 14.7 Å². The van der Waals surface area contributed by atoms with Crippen molar-refractivity contribution in [2.75, 3.05) is 19.7 Å². The Labute approximate surface area is 126 Å². The Morgan fingerprint density at radius 1 is 1.36 bits per heavy atom. The Morgan fingerprint density at radius 2 is 2.00 bits per heavy atom. The quantitative estimate of drug-likeness (QED) is 0.877. The molecule has 2 unspecified atom stereocenters. The molecule has 0 saturated heterocycles. The molecule has 1 amide bonds. The van der Waals surface area contributed by atoms with Crippen LogP contribution in [0.4, 0.5) is 13.2 Å². The van der Waals surface area contributed by atoms with Gasteiger partial charge in [-0.15, -0.1) is 13.2 Å². The Morgan fingerprint density at radius 3 is 2.50 bits per heavy atom. The highest BCUT2D eigenvalue weighted by Gasteiger charge is 2.45. The van der Waals surface area contributed by atoms with Crippen molar-refractivity contribution in [2.24, 2.45) is 5.92 Å². The Bertz CT molecular complexity index is 516. The standard InChI is InChI=1S/C15H18F3NO3/c1-2-19(7-8-20)14(21)13-9-12(13)10-3-5-11(6-4-10)22-15(16,17)18/h3-6,12-13,20H,2,7-9H2,1H3. The van der Waals surface area contributed by atoms with Crippen LogP contribution < -0.4 is 4.74 Å². The molecule has 2 atom stereocenters. The fourth-order valence-corrected chi connectivity index (χ4v) is 2.53. The van der Waals surface area contributed by atoms with Crippen LogP contribution in [0.1, 0.15) is 24.8 Å². The average molecular weight is 317 g/mol. The number of nitrogens with zero attached hydrogens (tertiary/aromatic N) is 1. The molecule has 1 N–H and O–H groups in total. The third-order valence-electron chi connectivity index (χ3n) is 3.71. The van der Waals surface area contributed by atoms with Crippen molar-refractivity contribution >= 4 is 5.91 Å². The molecule has 7 heteroatoms. The largest absolute Gasteiger partial charge is 0.573 e. The summed E-state index contributed by atoms with van der Waals surface area (Å²) in [6.07, 6.45) is -4.02. The van der Waals surface area contributed by atoms with Crippen LogP contribution in [0.15, 0.2) is 24.3 Å². The highest BCUT2D eigenvalue weighted by Crippen LogP contribution is 2.48. The van der Waals surface area contributed by atoms with Crippen LogP contribution in [0.5, 0.6) is 5.75 Å². The number of aliphatic hydroxyl groups is 1. The maximum Gasteiger partial charge on any atom is 0.573 e. The van der Waals surface area contributed by atoms with Gasteiger partial charge >= 0.3 is 6.36 Å². The monoisotopic (exact) mass is 317 g/mol. The molecule has 22 heavy (non-hydrogen) atoms. The lowest BCUT2D eigenvalue weighted by Crippen LogP contribution is -2.34. The normalized spacial score (nSPS) is 20.6. The van der Waals surface area contributed by atoms with Gasteiger partial charge in [-0.2, -0.15) is 0 Å². The second-order valence-electron chi connectivity index (χ2n) is 5.21. The van der Waals surface area contributed by atoms with Crippen molar-refractivity contribution in [1.29, 1.82) is 0 Å². The van der Waals surface area contributed by atoms with Crippen molar-refractivity contribution in [3.63, 3.8) is 0 Å². The van der Waals surface area contributed by atoms with Crippen LogP contribution in [0.25, 0.3) is 0 Å². The lowest BCUT2D eigenvalue weighted by Gasteiger charge is -2.19. The molecule has 2 rings (SSSR count). The SMILES string of the molecule is CCN(CCO)C(=O)C1CC1c1ccc(OC(F)(F)F)cc1. The molecule has 1 aliphatic carbocycles. The van der Waals surface area contributed by atoms with Crippen molar-refractivity contribution < 1.29 is 27.8 Å². The van der Waals surface area contributed by atoms with E-state index in [1.54, 1.807) is 17.0 Å². The smallest absolute Gasteiger partial charge is 0.406 e. The van der Waals surface area contributed by atoms with Gasteiger partial charge in [0.1, 0.15) is 5.75 Å². The first-order chi connectivity index (χ1) is 10.4. The highest BCUT2D eigenvalue weighted by molar-refractivity contribution is 5.83. The number of ether oxygens (including phenoxy) is 1. The minimum absolute atomic E-state index is 0.0165. The molecule has 1 saturated carbocycles. The first-order valence-electron chi connectivity index (χ1n) is 7.11. The van der Waals surface area contributed by atoms with Crippen LogP contribution in [0.3, 0.4) is 0 Å².